The van der Waals surface area contributed by atoms with Crippen LogP contribution in [0.15, 0.2) is 66.9 Å². The maximum absolute atomic E-state index is 14.3. The van der Waals surface area contributed by atoms with Gasteiger partial charge in [-0.25, -0.2) is 4.90 Å². The third kappa shape index (κ3) is 3.59. The van der Waals surface area contributed by atoms with Crippen LogP contribution in [0.4, 0.5) is 17.1 Å². The largest absolute Gasteiger partial charge is 0.361 e. The summed E-state index contributed by atoms with van der Waals surface area (Å²) >= 11 is 6.39. The lowest BCUT2D eigenvalue weighted by atomic mass is 9.76. The van der Waals surface area contributed by atoms with Crippen LogP contribution < -0.4 is 20.9 Å². The van der Waals surface area contributed by atoms with Gasteiger partial charge in [0.1, 0.15) is 5.54 Å². The van der Waals surface area contributed by atoms with Crippen LogP contribution in [0.1, 0.15) is 23.6 Å². The number of nitrogens with zero attached hydrogens (tertiary/aromatic N) is 1. The molecule has 0 bridgehead atoms. The van der Waals surface area contributed by atoms with E-state index < -0.39 is 29.3 Å². The summed E-state index contributed by atoms with van der Waals surface area (Å²) in [5.74, 6) is -3.18. The predicted molar refractivity (Wildman–Crippen MR) is 156 cm³/mol. The first-order chi connectivity index (χ1) is 19.7. The van der Waals surface area contributed by atoms with Gasteiger partial charge in [-0.2, -0.15) is 0 Å². The predicted octanol–water partition coefficient (Wildman–Crippen LogP) is 4.26. The number of H-pyrrole nitrogens is 1. The van der Waals surface area contributed by atoms with Crippen molar-refractivity contribution in [3.8, 4) is 0 Å². The van der Waals surface area contributed by atoms with Gasteiger partial charge in [0.2, 0.25) is 23.6 Å². The molecule has 4 amide bonds. The van der Waals surface area contributed by atoms with E-state index in [1.807, 2.05) is 37.4 Å². The third-order valence-corrected chi connectivity index (χ3v) is 9.05. The van der Waals surface area contributed by atoms with Crippen molar-refractivity contribution in [1.29, 1.82) is 0 Å². The molecule has 4 heterocycles. The van der Waals surface area contributed by atoms with Crippen LogP contribution in [-0.2, 0) is 31.1 Å². The van der Waals surface area contributed by atoms with Crippen LogP contribution in [0.3, 0.4) is 0 Å². The Bertz CT molecular complexity index is 1800. The number of halogens is 1. The van der Waals surface area contributed by atoms with Crippen LogP contribution in [0.2, 0.25) is 5.02 Å². The monoisotopic (exact) mass is 567 g/mol. The fraction of sp³-hybridized carbons (Fsp3) is 0.226. The average Bonchev–Trinajstić information content (AvgIpc) is 3.66. The Labute approximate surface area is 240 Å². The summed E-state index contributed by atoms with van der Waals surface area (Å²) in [6.07, 6.45) is 2.34. The molecular weight excluding hydrogens is 542 g/mol. The van der Waals surface area contributed by atoms with Crippen LogP contribution >= 0.6 is 11.6 Å². The number of fused-ring (bicyclic) bond motifs is 5. The zero-order valence-corrected chi connectivity index (χ0v) is 23.0. The maximum Gasteiger partial charge on any atom is 0.250 e. The van der Waals surface area contributed by atoms with Crippen molar-refractivity contribution in [2.45, 2.75) is 31.8 Å². The summed E-state index contributed by atoms with van der Waals surface area (Å²) in [5.41, 5.74) is 3.33. The molecule has 3 aromatic carbocycles. The zero-order valence-electron chi connectivity index (χ0n) is 22.2. The quantitative estimate of drug-likeness (QED) is 0.274. The van der Waals surface area contributed by atoms with Crippen LogP contribution in [0.5, 0.6) is 0 Å². The number of aromatic amines is 1. The molecule has 3 aliphatic rings. The third-order valence-electron chi connectivity index (χ3n) is 8.65. The first-order valence-corrected chi connectivity index (χ1v) is 13.8. The lowest BCUT2D eigenvalue weighted by Crippen LogP contribution is -2.53. The summed E-state index contributed by atoms with van der Waals surface area (Å²) in [6, 6.07) is 17.4. The van der Waals surface area contributed by atoms with Gasteiger partial charge < -0.3 is 15.6 Å². The molecule has 0 aliphatic carbocycles. The van der Waals surface area contributed by atoms with Crippen molar-refractivity contribution in [1.82, 2.24) is 10.3 Å². The molecule has 4 N–H and O–H groups in total. The highest BCUT2D eigenvalue weighted by Crippen LogP contribution is 2.55. The number of para-hydroxylation sites is 1. The molecule has 7 rings (SSSR count). The lowest BCUT2D eigenvalue weighted by molar-refractivity contribution is -0.130. The minimum absolute atomic E-state index is 0.227. The second-order valence-corrected chi connectivity index (χ2v) is 11.3. The van der Waals surface area contributed by atoms with Gasteiger partial charge in [-0.1, -0.05) is 35.9 Å². The molecule has 4 aromatic rings. The molecule has 2 fully saturated rings. The van der Waals surface area contributed by atoms with Crippen molar-refractivity contribution < 1.29 is 19.2 Å². The summed E-state index contributed by atoms with van der Waals surface area (Å²) < 4.78 is 0. The molecule has 9 nitrogen and oxygen atoms in total. The van der Waals surface area contributed by atoms with E-state index in [1.54, 1.807) is 36.4 Å². The van der Waals surface area contributed by atoms with Crippen molar-refractivity contribution in [2.24, 2.45) is 11.8 Å². The van der Waals surface area contributed by atoms with Gasteiger partial charge in [0.25, 0.3) is 0 Å². The number of anilines is 3. The van der Waals surface area contributed by atoms with Crippen molar-refractivity contribution in [3.63, 3.8) is 0 Å². The van der Waals surface area contributed by atoms with E-state index in [4.69, 9.17) is 11.6 Å². The molecule has 0 saturated carbocycles. The Kier molecular flexibility index (Phi) is 5.61. The van der Waals surface area contributed by atoms with E-state index in [9.17, 15) is 19.2 Å². The molecule has 41 heavy (non-hydrogen) atoms. The summed E-state index contributed by atoms with van der Waals surface area (Å²) in [4.78, 5) is 58.3. The van der Waals surface area contributed by atoms with E-state index in [0.29, 0.717) is 39.6 Å². The molecule has 4 atom stereocenters. The Balaban J connectivity index is 1.35. The number of carbonyl (C=O) groups excluding carboxylic acids is 4. The second kappa shape index (κ2) is 9.02. The normalized spacial score (nSPS) is 24.7. The topological polar surface area (TPSA) is 123 Å². The SMILES string of the molecule is CC(=O)Nc1ccc(N2C(=O)C3C(Cc4c[nH]c5ccccc45)NC4(C(=O)Nc5c4ccc(Cl)c5C)C3C2=O)cc1. The van der Waals surface area contributed by atoms with Gasteiger partial charge in [-0.15, -0.1) is 0 Å². The van der Waals surface area contributed by atoms with E-state index in [-0.39, 0.29) is 17.7 Å². The molecule has 1 spiro atoms. The van der Waals surface area contributed by atoms with E-state index in [0.717, 1.165) is 16.5 Å². The Morgan fingerprint density at radius 1 is 1.02 bits per heavy atom. The number of hydrogen-bond donors (Lipinski definition) is 4. The van der Waals surface area contributed by atoms with Gasteiger partial charge in [-0.05, 0) is 60.9 Å². The smallest absolute Gasteiger partial charge is 0.250 e. The highest BCUT2D eigenvalue weighted by molar-refractivity contribution is 6.32. The fourth-order valence-electron chi connectivity index (χ4n) is 6.85. The van der Waals surface area contributed by atoms with E-state index >= 15 is 0 Å². The number of imide groups is 1. The van der Waals surface area contributed by atoms with E-state index in [1.165, 1.54) is 11.8 Å². The number of benzene rings is 3. The molecule has 0 radical (unpaired) electrons. The van der Waals surface area contributed by atoms with Crippen molar-refractivity contribution in [2.75, 3.05) is 15.5 Å². The summed E-state index contributed by atoms with van der Waals surface area (Å²) in [7, 11) is 0. The lowest BCUT2D eigenvalue weighted by Gasteiger charge is -2.29. The van der Waals surface area contributed by atoms with Crippen LogP contribution in [0.25, 0.3) is 10.9 Å². The Morgan fingerprint density at radius 2 is 1.78 bits per heavy atom. The molecular formula is C31H26ClN5O4. The molecule has 1 aromatic heterocycles. The van der Waals surface area contributed by atoms with Crippen LogP contribution in [0, 0.1) is 18.8 Å². The number of aromatic nitrogens is 1. The maximum atomic E-state index is 14.3. The minimum Gasteiger partial charge on any atom is -0.361 e. The number of amides is 4. The van der Waals surface area contributed by atoms with Gasteiger partial charge in [0.05, 0.1) is 23.2 Å². The first kappa shape index (κ1) is 25.5. The molecule has 3 aliphatic heterocycles. The van der Waals surface area contributed by atoms with Gasteiger partial charge in [-0.3, -0.25) is 24.5 Å². The molecule has 4 unspecified atom stereocenters. The summed E-state index contributed by atoms with van der Waals surface area (Å²) in [5, 5.41) is 10.7. The number of carbonyl (C=O) groups is 4. The van der Waals surface area contributed by atoms with Crippen molar-refractivity contribution in [3.05, 3.63) is 88.6 Å². The Hall–Kier alpha value is -4.47. The van der Waals surface area contributed by atoms with Crippen LogP contribution in [-0.4, -0.2) is 34.7 Å². The minimum atomic E-state index is -1.44. The van der Waals surface area contributed by atoms with Gasteiger partial charge in [0, 0.05) is 46.3 Å². The zero-order chi connectivity index (χ0) is 28.6. The van der Waals surface area contributed by atoms with Gasteiger partial charge in [0.15, 0.2) is 0 Å². The Morgan fingerprint density at radius 3 is 2.54 bits per heavy atom. The first-order valence-electron chi connectivity index (χ1n) is 13.4. The van der Waals surface area contributed by atoms with Crippen molar-refractivity contribution >= 4 is 63.2 Å². The fourth-order valence-corrected chi connectivity index (χ4v) is 7.01. The number of nitrogens with one attached hydrogen (secondary N) is 4. The van der Waals surface area contributed by atoms with E-state index in [2.05, 4.69) is 20.9 Å². The second-order valence-electron chi connectivity index (χ2n) is 10.9. The molecule has 2 saturated heterocycles. The molecule has 10 heteroatoms. The summed E-state index contributed by atoms with van der Waals surface area (Å²) in [6.45, 7) is 3.23. The molecule has 206 valence electrons. The standard InChI is InChI=1S/C31H26ClN5O4/c1-15-22(32)12-11-21-27(15)35-30(41)31(21)26-25(24(36-31)13-17-14-33-23-6-4-3-5-20(17)23)28(39)37(29(26)40)19-9-7-18(8-10-19)34-16(2)38/h3-12,14,24-26,33,36H,13H2,1-2H3,(H,34,38)(H,35,41). The number of hydrogen-bond acceptors (Lipinski definition) is 5. The number of rotatable bonds is 4. The van der Waals surface area contributed by atoms with Gasteiger partial charge >= 0.3 is 0 Å². The average molecular weight is 568 g/mol. The highest BCUT2D eigenvalue weighted by atomic mass is 35.5. The highest BCUT2D eigenvalue weighted by Gasteiger charge is 2.70.